The summed E-state index contributed by atoms with van der Waals surface area (Å²) in [5.74, 6) is 1.17. The van der Waals surface area contributed by atoms with Gasteiger partial charge in [0.2, 0.25) is 0 Å². The maximum Gasteiger partial charge on any atom is 0.251 e. The predicted molar refractivity (Wildman–Crippen MR) is 90.3 cm³/mol. The Labute approximate surface area is 144 Å². The minimum atomic E-state index is -0.105. The first-order valence-corrected chi connectivity index (χ1v) is 7.79. The van der Waals surface area contributed by atoms with Gasteiger partial charge in [0.15, 0.2) is 11.5 Å². The van der Waals surface area contributed by atoms with Gasteiger partial charge in [-0.05, 0) is 41.0 Å². The molecule has 0 bridgehead atoms. The number of hydrogen-bond acceptors (Lipinski definition) is 4. The van der Waals surface area contributed by atoms with Crippen LogP contribution in [0.5, 0.6) is 11.5 Å². The molecular formula is C15H18BrClN2O3. The van der Waals surface area contributed by atoms with Crippen molar-refractivity contribution in [2.24, 2.45) is 0 Å². The molecule has 0 aliphatic carbocycles. The van der Waals surface area contributed by atoms with Gasteiger partial charge in [-0.1, -0.05) is 11.6 Å². The Morgan fingerprint density at radius 1 is 1.32 bits per heavy atom. The molecule has 0 unspecified atom stereocenters. The second-order valence-corrected chi connectivity index (χ2v) is 5.84. The summed E-state index contributed by atoms with van der Waals surface area (Å²) in [7, 11) is 0. The molecule has 3 rings (SSSR count). The van der Waals surface area contributed by atoms with Gasteiger partial charge in [-0.2, -0.15) is 0 Å². The van der Waals surface area contributed by atoms with Crippen molar-refractivity contribution in [3.63, 3.8) is 0 Å². The Kier molecular flexibility index (Phi) is 6.11. The molecule has 2 heterocycles. The number of nitrogens with one attached hydrogen (secondary N) is 2. The first-order chi connectivity index (χ1) is 10.2. The maximum absolute atomic E-state index is 12.3. The zero-order valence-electron chi connectivity index (χ0n) is 12.0. The van der Waals surface area contributed by atoms with Crippen LogP contribution < -0.4 is 20.1 Å². The van der Waals surface area contributed by atoms with E-state index < -0.39 is 0 Å². The Morgan fingerprint density at radius 3 is 2.91 bits per heavy atom. The first kappa shape index (κ1) is 17.1. The lowest BCUT2D eigenvalue weighted by Crippen LogP contribution is -2.29. The van der Waals surface area contributed by atoms with E-state index in [0.29, 0.717) is 36.8 Å². The maximum atomic E-state index is 12.3. The van der Waals surface area contributed by atoms with E-state index in [1.54, 1.807) is 12.1 Å². The van der Waals surface area contributed by atoms with E-state index in [1.165, 1.54) is 5.57 Å². The van der Waals surface area contributed by atoms with E-state index in [2.05, 4.69) is 32.6 Å². The van der Waals surface area contributed by atoms with E-state index in [4.69, 9.17) is 9.47 Å². The van der Waals surface area contributed by atoms with Crippen molar-refractivity contribution in [2.45, 2.75) is 6.42 Å². The molecule has 0 saturated carbocycles. The van der Waals surface area contributed by atoms with Gasteiger partial charge in [-0.15, -0.1) is 12.4 Å². The van der Waals surface area contributed by atoms with Crippen LogP contribution in [0, 0.1) is 0 Å². The van der Waals surface area contributed by atoms with E-state index in [0.717, 1.165) is 24.0 Å². The number of hydrogen-bond donors (Lipinski definition) is 2. The predicted octanol–water partition coefficient (Wildman–Crippen LogP) is 2.29. The summed E-state index contributed by atoms with van der Waals surface area (Å²) in [4.78, 5) is 12.3. The Morgan fingerprint density at radius 2 is 2.14 bits per heavy atom. The highest BCUT2D eigenvalue weighted by atomic mass is 79.9. The average Bonchev–Trinajstić information content (AvgIpc) is 2.53. The van der Waals surface area contributed by atoms with E-state index in [1.807, 2.05) is 0 Å². The van der Waals surface area contributed by atoms with Gasteiger partial charge in [0.05, 0.1) is 4.47 Å². The third-order valence-electron chi connectivity index (χ3n) is 3.49. The average molecular weight is 390 g/mol. The SMILES string of the molecule is Cl.O=C(NCC1=CCNCC1)c1cc(Br)c2c(c1)OCCO2. The monoisotopic (exact) mass is 388 g/mol. The molecule has 120 valence electrons. The van der Waals surface area contributed by atoms with Crippen molar-refractivity contribution in [3.8, 4) is 11.5 Å². The van der Waals surface area contributed by atoms with Crippen LogP contribution in [0.1, 0.15) is 16.8 Å². The minimum Gasteiger partial charge on any atom is -0.486 e. The molecule has 1 amide bonds. The summed E-state index contributed by atoms with van der Waals surface area (Å²) >= 11 is 3.42. The summed E-state index contributed by atoms with van der Waals surface area (Å²) in [6.45, 7) is 3.47. The van der Waals surface area contributed by atoms with Crippen LogP contribution in [0.3, 0.4) is 0 Å². The smallest absolute Gasteiger partial charge is 0.251 e. The largest absolute Gasteiger partial charge is 0.486 e. The Hall–Kier alpha value is -1.24. The fraction of sp³-hybridized carbons (Fsp3) is 0.400. The van der Waals surface area contributed by atoms with Gasteiger partial charge in [-0.3, -0.25) is 4.79 Å². The lowest BCUT2D eigenvalue weighted by atomic mass is 10.1. The number of benzene rings is 1. The quantitative estimate of drug-likeness (QED) is 0.779. The third-order valence-corrected chi connectivity index (χ3v) is 4.08. The van der Waals surface area contributed by atoms with Crippen molar-refractivity contribution in [1.82, 2.24) is 10.6 Å². The number of rotatable bonds is 3. The van der Waals surface area contributed by atoms with Gasteiger partial charge in [-0.25, -0.2) is 0 Å². The van der Waals surface area contributed by atoms with Crippen LogP contribution in [0.2, 0.25) is 0 Å². The molecule has 2 aliphatic rings. The molecule has 7 heteroatoms. The van der Waals surface area contributed by atoms with Crippen molar-refractivity contribution in [1.29, 1.82) is 0 Å². The van der Waals surface area contributed by atoms with Crippen molar-refractivity contribution in [3.05, 3.63) is 33.8 Å². The summed E-state index contributed by atoms with van der Waals surface area (Å²) in [5, 5.41) is 6.20. The number of ether oxygens (including phenoxy) is 2. The highest BCUT2D eigenvalue weighted by molar-refractivity contribution is 9.10. The van der Waals surface area contributed by atoms with E-state index in [-0.39, 0.29) is 18.3 Å². The van der Waals surface area contributed by atoms with Crippen LogP contribution in [0.4, 0.5) is 0 Å². The molecule has 2 N–H and O–H groups in total. The zero-order valence-corrected chi connectivity index (χ0v) is 14.4. The molecule has 0 aromatic heterocycles. The van der Waals surface area contributed by atoms with Crippen molar-refractivity contribution < 1.29 is 14.3 Å². The molecule has 0 atom stereocenters. The standard InChI is InChI=1S/C15H17BrN2O3.ClH/c16-12-7-11(8-13-14(12)21-6-5-20-13)15(19)18-9-10-1-3-17-4-2-10;/h1,7-8,17H,2-6,9H2,(H,18,19);1H. The molecular weight excluding hydrogens is 372 g/mol. The second-order valence-electron chi connectivity index (χ2n) is 4.98. The molecule has 1 aromatic rings. The number of halogens is 2. The Bertz CT molecular complexity index is 592. The molecule has 0 spiro atoms. The van der Waals surface area contributed by atoms with Crippen molar-refractivity contribution in [2.75, 3.05) is 32.8 Å². The number of carbonyl (C=O) groups excluding carboxylic acids is 1. The van der Waals surface area contributed by atoms with E-state index >= 15 is 0 Å². The third kappa shape index (κ3) is 3.94. The highest BCUT2D eigenvalue weighted by Crippen LogP contribution is 2.38. The normalized spacial score (nSPS) is 16.3. The zero-order chi connectivity index (χ0) is 14.7. The van der Waals surface area contributed by atoms with Crippen LogP contribution >= 0.6 is 28.3 Å². The molecule has 22 heavy (non-hydrogen) atoms. The summed E-state index contributed by atoms with van der Waals surface area (Å²) in [5.41, 5.74) is 1.83. The minimum absolute atomic E-state index is 0. The molecule has 5 nitrogen and oxygen atoms in total. The molecule has 1 aromatic carbocycles. The summed E-state index contributed by atoms with van der Waals surface area (Å²) in [6, 6.07) is 3.49. The second kappa shape index (κ2) is 7.85. The fourth-order valence-corrected chi connectivity index (χ4v) is 2.92. The van der Waals surface area contributed by atoms with Crippen molar-refractivity contribution >= 4 is 34.2 Å². The molecule has 0 fully saturated rings. The van der Waals surface area contributed by atoms with Gasteiger partial charge >= 0.3 is 0 Å². The molecule has 0 radical (unpaired) electrons. The fourth-order valence-electron chi connectivity index (χ4n) is 2.37. The van der Waals surface area contributed by atoms with Gasteiger partial charge in [0.1, 0.15) is 13.2 Å². The van der Waals surface area contributed by atoms with Gasteiger partial charge in [0.25, 0.3) is 5.91 Å². The lowest BCUT2D eigenvalue weighted by Gasteiger charge is -2.20. The van der Waals surface area contributed by atoms with Crippen LogP contribution in [-0.4, -0.2) is 38.8 Å². The van der Waals surface area contributed by atoms with Crippen LogP contribution in [0.15, 0.2) is 28.3 Å². The number of carbonyl (C=O) groups is 1. The lowest BCUT2D eigenvalue weighted by molar-refractivity contribution is 0.0955. The van der Waals surface area contributed by atoms with Crippen LogP contribution in [-0.2, 0) is 0 Å². The number of fused-ring (bicyclic) bond motifs is 1. The summed E-state index contributed by atoms with van der Waals surface area (Å²) < 4.78 is 11.8. The highest BCUT2D eigenvalue weighted by Gasteiger charge is 2.19. The van der Waals surface area contributed by atoms with Crippen LogP contribution in [0.25, 0.3) is 0 Å². The molecule has 0 saturated heterocycles. The number of amides is 1. The van der Waals surface area contributed by atoms with Gasteiger partial charge in [0, 0.05) is 18.7 Å². The van der Waals surface area contributed by atoms with Gasteiger partial charge < -0.3 is 20.1 Å². The Balaban J connectivity index is 0.00000176. The summed E-state index contributed by atoms with van der Waals surface area (Å²) in [6.07, 6.45) is 3.11. The first-order valence-electron chi connectivity index (χ1n) is 7.00. The topological polar surface area (TPSA) is 59.6 Å². The van der Waals surface area contributed by atoms with E-state index in [9.17, 15) is 4.79 Å². The molecule has 2 aliphatic heterocycles.